The van der Waals surface area contributed by atoms with Crippen molar-refractivity contribution in [2.75, 3.05) is 20.3 Å². The molecule has 1 unspecified atom stereocenters. The molecule has 1 atom stereocenters. The Morgan fingerprint density at radius 1 is 1.30 bits per heavy atom. The number of methoxy groups -OCH3 is 1. The van der Waals surface area contributed by atoms with Gasteiger partial charge in [-0.1, -0.05) is 31.2 Å². The topological polar surface area (TPSA) is 62.7 Å². The van der Waals surface area contributed by atoms with Gasteiger partial charge in [-0.05, 0) is 24.5 Å². The van der Waals surface area contributed by atoms with Crippen LogP contribution in [0.25, 0.3) is 0 Å². The van der Waals surface area contributed by atoms with Gasteiger partial charge in [0.2, 0.25) is 0 Å². The van der Waals surface area contributed by atoms with Gasteiger partial charge in [0.25, 0.3) is 5.91 Å². The number of benzene rings is 1. The third-order valence-electron chi connectivity index (χ3n) is 3.56. The van der Waals surface area contributed by atoms with Gasteiger partial charge < -0.3 is 10.1 Å². The first-order valence-electron chi connectivity index (χ1n) is 6.82. The number of nitrogens with zero attached hydrogens (tertiary/aromatic N) is 1. The molecule has 1 fully saturated rings. The minimum Gasteiger partial charge on any atom is -0.383 e. The molecule has 5 nitrogen and oxygen atoms in total. The van der Waals surface area contributed by atoms with Crippen LogP contribution in [-0.2, 0) is 21.5 Å². The van der Waals surface area contributed by atoms with Crippen molar-refractivity contribution in [1.82, 2.24) is 10.6 Å². The number of guanidine groups is 1. The van der Waals surface area contributed by atoms with E-state index < -0.39 is 5.54 Å². The highest BCUT2D eigenvalue weighted by atomic mass is 16.5. The zero-order valence-corrected chi connectivity index (χ0v) is 12.2. The Kier molecular flexibility index (Phi) is 4.39. The van der Waals surface area contributed by atoms with E-state index in [1.807, 2.05) is 19.1 Å². The Morgan fingerprint density at radius 2 is 2.00 bits per heavy atom. The number of rotatable bonds is 5. The van der Waals surface area contributed by atoms with E-state index in [-0.39, 0.29) is 5.91 Å². The molecule has 0 aromatic heterocycles. The van der Waals surface area contributed by atoms with Crippen molar-refractivity contribution >= 4 is 11.9 Å². The van der Waals surface area contributed by atoms with E-state index >= 15 is 0 Å². The minimum absolute atomic E-state index is 0.0853. The molecule has 0 spiro atoms. The third kappa shape index (κ3) is 2.82. The zero-order valence-electron chi connectivity index (χ0n) is 12.2. The number of amides is 1. The van der Waals surface area contributed by atoms with Crippen molar-refractivity contribution in [3.05, 3.63) is 35.4 Å². The lowest BCUT2D eigenvalue weighted by atomic mass is 9.91. The van der Waals surface area contributed by atoms with Gasteiger partial charge in [0.15, 0.2) is 5.96 Å². The second kappa shape index (κ2) is 6.05. The molecule has 2 N–H and O–H groups in total. The number of carbonyl (C=O) groups excluding carboxylic acids is 1. The Bertz CT molecular complexity index is 510. The summed E-state index contributed by atoms with van der Waals surface area (Å²) in [5.41, 5.74) is 1.42. The quantitative estimate of drug-likeness (QED) is 0.793. The normalized spacial score (nSPS) is 23.8. The van der Waals surface area contributed by atoms with Gasteiger partial charge >= 0.3 is 0 Å². The van der Waals surface area contributed by atoms with Crippen LogP contribution in [0.4, 0.5) is 0 Å². The standard InChI is InChI=1S/C15H21N3O2/c1-4-11-5-7-12(8-6-11)15(2)13(19)17-14(18-15)16-9-10-20-3/h5-8H,4,9-10H2,1-3H3,(H2,16,17,18,19). The van der Waals surface area contributed by atoms with E-state index in [1.54, 1.807) is 7.11 Å². The van der Waals surface area contributed by atoms with Crippen molar-refractivity contribution < 1.29 is 9.53 Å². The van der Waals surface area contributed by atoms with Gasteiger partial charge in [0, 0.05) is 7.11 Å². The van der Waals surface area contributed by atoms with Crippen molar-refractivity contribution in [2.45, 2.75) is 25.8 Å². The zero-order chi connectivity index (χ0) is 14.6. The summed E-state index contributed by atoms with van der Waals surface area (Å²) >= 11 is 0. The Labute approximate surface area is 119 Å². The van der Waals surface area contributed by atoms with Crippen LogP contribution in [0.5, 0.6) is 0 Å². The van der Waals surface area contributed by atoms with E-state index in [9.17, 15) is 4.79 Å². The van der Waals surface area contributed by atoms with Crippen LogP contribution in [0.3, 0.4) is 0 Å². The highest BCUT2D eigenvalue weighted by molar-refractivity contribution is 6.09. The van der Waals surface area contributed by atoms with Crippen molar-refractivity contribution in [3.8, 4) is 0 Å². The summed E-state index contributed by atoms with van der Waals surface area (Å²) in [6.07, 6.45) is 0.986. The third-order valence-corrected chi connectivity index (χ3v) is 3.56. The molecule has 5 heteroatoms. The van der Waals surface area contributed by atoms with Crippen LogP contribution >= 0.6 is 0 Å². The van der Waals surface area contributed by atoms with E-state index in [0.717, 1.165) is 12.0 Å². The summed E-state index contributed by atoms with van der Waals surface area (Å²) in [6.45, 7) is 5.02. The van der Waals surface area contributed by atoms with Crippen molar-refractivity contribution in [3.63, 3.8) is 0 Å². The number of carbonyl (C=O) groups is 1. The van der Waals surface area contributed by atoms with Gasteiger partial charge in [-0.15, -0.1) is 0 Å². The lowest BCUT2D eigenvalue weighted by Crippen LogP contribution is -2.40. The van der Waals surface area contributed by atoms with Gasteiger partial charge in [-0.25, -0.2) is 0 Å². The molecule has 0 aliphatic carbocycles. The van der Waals surface area contributed by atoms with Gasteiger partial charge in [-0.2, -0.15) is 0 Å². The number of nitrogens with one attached hydrogen (secondary N) is 2. The largest absolute Gasteiger partial charge is 0.383 e. The molecule has 1 aliphatic rings. The van der Waals surface area contributed by atoms with Crippen LogP contribution in [-0.4, -0.2) is 32.1 Å². The lowest BCUT2D eigenvalue weighted by molar-refractivity contribution is -0.123. The Hall–Kier alpha value is -1.88. The molecule has 1 aliphatic heterocycles. The van der Waals surface area contributed by atoms with E-state index in [0.29, 0.717) is 19.1 Å². The Morgan fingerprint density at radius 3 is 2.60 bits per heavy atom. The number of hydrogen-bond donors (Lipinski definition) is 2. The summed E-state index contributed by atoms with van der Waals surface area (Å²) < 4.78 is 4.94. The van der Waals surface area contributed by atoms with Crippen molar-refractivity contribution in [2.24, 2.45) is 4.99 Å². The molecular weight excluding hydrogens is 254 g/mol. The molecule has 1 aromatic rings. The fourth-order valence-corrected chi connectivity index (χ4v) is 2.16. The lowest BCUT2D eigenvalue weighted by Gasteiger charge is -2.21. The molecule has 0 saturated carbocycles. The van der Waals surface area contributed by atoms with E-state index in [2.05, 4.69) is 34.7 Å². The molecule has 1 aromatic carbocycles. The van der Waals surface area contributed by atoms with Crippen LogP contribution in [0, 0.1) is 0 Å². The molecule has 1 amide bonds. The monoisotopic (exact) mass is 275 g/mol. The predicted octanol–water partition coefficient (Wildman–Crippen LogP) is 1.19. The second-order valence-corrected chi connectivity index (χ2v) is 4.98. The van der Waals surface area contributed by atoms with Crippen molar-refractivity contribution in [1.29, 1.82) is 0 Å². The summed E-state index contributed by atoms with van der Waals surface area (Å²) in [7, 11) is 1.63. The number of hydrogen-bond acceptors (Lipinski definition) is 3. The van der Waals surface area contributed by atoms with Crippen LogP contribution in [0.1, 0.15) is 25.0 Å². The van der Waals surface area contributed by atoms with Gasteiger partial charge in [0.1, 0.15) is 5.54 Å². The maximum atomic E-state index is 12.2. The summed E-state index contributed by atoms with van der Waals surface area (Å²) in [5, 5.41) is 5.94. The van der Waals surface area contributed by atoms with E-state index in [1.165, 1.54) is 5.56 Å². The average molecular weight is 275 g/mol. The maximum Gasteiger partial charge on any atom is 0.256 e. The Balaban J connectivity index is 2.17. The molecule has 1 heterocycles. The molecule has 0 radical (unpaired) electrons. The average Bonchev–Trinajstić information content (AvgIpc) is 2.75. The predicted molar refractivity (Wildman–Crippen MR) is 78.6 cm³/mol. The number of aryl methyl sites for hydroxylation is 1. The highest BCUT2D eigenvalue weighted by Gasteiger charge is 2.42. The number of ether oxygens (including phenoxy) is 1. The van der Waals surface area contributed by atoms with E-state index in [4.69, 9.17) is 4.74 Å². The van der Waals surface area contributed by atoms with Crippen LogP contribution < -0.4 is 10.6 Å². The first-order chi connectivity index (χ1) is 9.60. The molecule has 20 heavy (non-hydrogen) atoms. The first kappa shape index (κ1) is 14.5. The highest BCUT2D eigenvalue weighted by Crippen LogP contribution is 2.24. The molecular formula is C15H21N3O2. The fourth-order valence-electron chi connectivity index (χ4n) is 2.16. The van der Waals surface area contributed by atoms with Gasteiger partial charge in [-0.3, -0.25) is 15.1 Å². The molecule has 2 rings (SSSR count). The molecule has 0 bridgehead atoms. The van der Waals surface area contributed by atoms with Gasteiger partial charge in [0.05, 0.1) is 13.2 Å². The summed E-state index contributed by atoms with van der Waals surface area (Å²) in [6, 6.07) is 8.08. The fraction of sp³-hybridized carbons (Fsp3) is 0.467. The second-order valence-electron chi connectivity index (χ2n) is 4.98. The smallest absolute Gasteiger partial charge is 0.256 e. The van der Waals surface area contributed by atoms with Crippen LogP contribution in [0.15, 0.2) is 29.3 Å². The molecule has 1 saturated heterocycles. The SMILES string of the molecule is CCc1ccc(C2(C)NC(=NCCOC)NC2=O)cc1. The molecule has 108 valence electrons. The first-order valence-corrected chi connectivity index (χ1v) is 6.82. The number of aliphatic imine (C=N–C) groups is 1. The summed E-state index contributed by atoms with van der Waals surface area (Å²) in [4.78, 5) is 16.5. The van der Waals surface area contributed by atoms with Crippen LogP contribution in [0.2, 0.25) is 0 Å². The minimum atomic E-state index is -0.766. The summed E-state index contributed by atoms with van der Waals surface area (Å²) in [5.74, 6) is 0.423. The maximum absolute atomic E-state index is 12.2.